The van der Waals surface area contributed by atoms with Gasteiger partial charge < -0.3 is 4.74 Å². The first kappa shape index (κ1) is 16.3. The molecule has 0 amide bonds. The van der Waals surface area contributed by atoms with E-state index < -0.39 is 11.5 Å². The van der Waals surface area contributed by atoms with Crippen LogP contribution in [0.5, 0.6) is 0 Å². The van der Waals surface area contributed by atoms with Gasteiger partial charge in [-0.15, -0.1) is 11.3 Å². The molecule has 1 N–H and O–H groups in total. The van der Waals surface area contributed by atoms with E-state index in [1.807, 2.05) is 18.2 Å². The van der Waals surface area contributed by atoms with Crippen molar-refractivity contribution in [2.75, 3.05) is 6.61 Å². The molecule has 0 spiro atoms. The van der Waals surface area contributed by atoms with Gasteiger partial charge >= 0.3 is 5.97 Å². The molecule has 0 radical (unpaired) electrons. The molecular weight excluding hydrogens is 350 g/mol. The van der Waals surface area contributed by atoms with Crippen LogP contribution in [0.1, 0.15) is 17.3 Å². The average Bonchev–Trinajstić information content (AvgIpc) is 3.30. The van der Waals surface area contributed by atoms with Gasteiger partial charge in [0, 0.05) is 17.3 Å². The lowest BCUT2D eigenvalue weighted by Gasteiger charge is -2.01. The topological polar surface area (TPSA) is 76.5 Å². The Labute approximate surface area is 152 Å². The van der Waals surface area contributed by atoms with Gasteiger partial charge in [-0.3, -0.25) is 9.89 Å². The molecule has 26 heavy (non-hydrogen) atoms. The molecule has 0 aliphatic carbocycles. The monoisotopic (exact) mass is 365 g/mol. The maximum atomic E-state index is 12.5. The molecule has 0 aliphatic heterocycles. The zero-order chi connectivity index (χ0) is 18.1. The number of rotatable bonds is 4. The molecule has 4 aromatic rings. The second-order valence-electron chi connectivity index (χ2n) is 5.61. The van der Waals surface area contributed by atoms with E-state index in [0.717, 1.165) is 21.6 Å². The van der Waals surface area contributed by atoms with Gasteiger partial charge in [0.1, 0.15) is 5.56 Å². The Kier molecular flexibility index (Phi) is 4.14. The predicted molar refractivity (Wildman–Crippen MR) is 101 cm³/mol. The van der Waals surface area contributed by atoms with Crippen LogP contribution in [-0.4, -0.2) is 27.2 Å². The van der Waals surface area contributed by atoms with E-state index in [9.17, 15) is 9.59 Å². The number of aromatic amines is 1. The van der Waals surface area contributed by atoms with Gasteiger partial charge in [0.2, 0.25) is 0 Å². The van der Waals surface area contributed by atoms with Crippen LogP contribution in [-0.2, 0) is 4.74 Å². The molecule has 4 rings (SSSR count). The van der Waals surface area contributed by atoms with E-state index >= 15 is 0 Å². The molecule has 0 atom stereocenters. The zero-order valence-electron chi connectivity index (χ0n) is 13.9. The minimum atomic E-state index is -0.668. The number of carbonyl (C=O) groups is 1. The third kappa shape index (κ3) is 2.72. The number of hydrogen-bond acceptors (Lipinski definition) is 5. The molecule has 0 fully saturated rings. The first-order chi connectivity index (χ1) is 12.7. The van der Waals surface area contributed by atoms with Crippen molar-refractivity contribution in [1.29, 1.82) is 0 Å². The summed E-state index contributed by atoms with van der Waals surface area (Å²) in [6.07, 6.45) is 3.00. The Morgan fingerprint density at radius 3 is 2.85 bits per heavy atom. The number of aromatic nitrogens is 3. The molecule has 1 aromatic carbocycles. The minimum Gasteiger partial charge on any atom is -0.462 e. The molecule has 130 valence electrons. The summed E-state index contributed by atoms with van der Waals surface area (Å²) in [6.45, 7) is 1.89. The Morgan fingerprint density at radius 2 is 2.08 bits per heavy atom. The predicted octanol–water partition coefficient (Wildman–Crippen LogP) is 3.59. The highest BCUT2D eigenvalue weighted by atomic mass is 32.1. The summed E-state index contributed by atoms with van der Waals surface area (Å²) in [5.74, 6) is -0.668. The van der Waals surface area contributed by atoms with Crippen molar-refractivity contribution >= 4 is 23.0 Å². The number of nitrogens with one attached hydrogen (secondary N) is 1. The standard InChI is InChI=1S/C19H15N3O3S/c1-2-25-19(24)15-9-20-17-14(10-21-22(17)18(15)23)16-8-13(11-26-16)12-6-4-3-5-7-12/h3-11,21H,2H2,1H3. The van der Waals surface area contributed by atoms with E-state index in [1.165, 1.54) is 10.7 Å². The highest BCUT2D eigenvalue weighted by Crippen LogP contribution is 2.33. The number of nitrogens with zero attached hydrogens (tertiary/aromatic N) is 2. The van der Waals surface area contributed by atoms with E-state index in [4.69, 9.17) is 4.74 Å². The fourth-order valence-corrected chi connectivity index (χ4v) is 3.68. The number of carbonyl (C=O) groups excluding carboxylic acids is 1. The lowest BCUT2D eigenvalue weighted by molar-refractivity contribution is 0.0523. The number of ether oxygens (including phenoxy) is 1. The van der Waals surface area contributed by atoms with Gasteiger partial charge in [-0.2, -0.15) is 0 Å². The maximum Gasteiger partial charge on any atom is 0.345 e. The van der Waals surface area contributed by atoms with E-state index in [0.29, 0.717) is 5.65 Å². The van der Waals surface area contributed by atoms with Gasteiger partial charge in [0.25, 0.3) is 5.56 Å². The zero-order valence-corrected chi connectivity index (χ0v) is 14.7. The van der Waals surface area contributed by atoms with Crippen molar-refractivity contribution in [1.82, 2.24) is 14.6 Å². The van der Waals surface area contributed by atoms with Gasteiger partial charge in [-0.25, -0.2) is 14.3 Å². The van der Waals surface area contributed by atoms with Crippen LogP contribution in [0.15, 0.2) is 59.0 Å². The van der Waals surface area contributed by atoms with Crippen LogP contribution in [0.2, 0.25) is 0 Å². The lowest BCUT2D eigenvalue weighted by atomic mass is 10.1. The molecule has 6 nitrogen and oxygen atoms in total. The Bertz CT molecular complexity index is 1140. The molecule has 3 heterocycles. The Hall–Kier alpha value is -3.19. The fraction of sp³-hybridized carbons (Fsp3) is 0.105. The largest absolute Gasteiger partial charge is 0.462 e. The van der Waals surface area contributed by atoms with Crippen molar-refractivity contribution in [2.45, 2.75) is 6.92 Å². The van der Waals surface area contributed by atoms with Crippen molar-refractivity contribution in [2.24, 2.45) is 0 Å². The molecule has 0 aliphatic rings. The Balaban J connectivity index is 1.77. The van der Waals surface area contributed by atoms with Crippen LogP contribution in [0.25, 0.3) is 27.2 Å². The third-order valence-electron chi connectivity index (χ3n) is 4.01. The molecular formula is C19H15N3O3S. The highest BCUT2D eigenvalue weighted by Gasteiger charge is 2.18. The van der Waals surface area contributed by atoms with Crippen LogP contribution >= 0.6 is 11.3 Å². The van der Waals surface area contributed by atoms with E-state index in [2.05, 4.69) is 33.7 Å². The van der Waals surface area contributed by atoms with Gasteiger partial charge in [0.15, 0.2) is 5.65 Å². The molecule has 0 bridgehead atoms. The molecule has 7 heteroatoms. The van der Waals surface area contributed by atoms with E-state index in [1.54, 1.807) is 24.5 Å². The summed E-state index contributed by atoms with van der Waals surface area (Å²) >= 11 is 1.57. The van der Waals surface area contributed by atoms with Crippen LogP contribution < -0.4 is 5.56 Å². The molecule has 3 aromatic heterocycles. The Morgan fingerprint density at radius 1 is 1.27 bits per heavy atom. The summed E-state index contributed by atoms with van der Waals surface area (Å²) in [4.78, 5) is 29.7. The maximum absolute atomic E-state index is 12.5. The smallest absolute Gasteiger partial charge is 0.345 e. The molecule has 0 saturated heterocycles. The minimum absolute atomic E-state index is 0.0890. The number of esters is 1. The second-order valence-corrected chi connectivity index (χ2v) is 6.52. The van der Waals surface area contributed by atoms with Crippen LogP contribution in [0.4, 0.5) is 0 Å². The number of H-pyrrole nitrogens is 1. The van der Waals surface area contributed by atoms with Gasteiger partial charge in [-0.05, 0) is 29.5 Å². The number of benzene rings is 1. The van der Waals surface area contributed by atoms with Crippen LogP contribution in [0, 0.1) is 0 Å². The first-order valence-electron chi connectivity index (χ1n) is 8.09. The summed E-state index contributed by atoms with van der Waals surface area (Å²) < 4.78 is 6.16. The molecule has 0 saturated carbocycles. The van der Waals surface area contributed by atoms with Crippen LogP contribution in [0.3, 0.4) is 0 Å². The van der Waals surface area contributed by atoms with Crippen molar-refractivity contribution in [3.8, 4) is 21.6 Å². The van der Waals surface area contributed by atoms with E-state index in [-0.39, 0.29) is 12.2 Å². The number of fused-ring (bicyclic) bond motifs is 1. The quantitative estimate of drug-likeness (QED) is 0.561. The molecule has 0 unspecified atom stereocenters. The number of thiophene rings is 1. The summed E-state index contributed by atoms with van der Waals surface area (Å²) in [5.41, 5.74) is 2.96. The highest BCUT2D eigenvalue weighted by molar-refractivity contribution is 7.14. The summed E-state index contributed by atoms with van der Waals surface area (Å²) in [6, 6.07) is 12.1. The lowest BCUT2D eigenvalue weighted by Crippen LogP contribution is -2.24. The summed E-state index contributed by atoms with van der Waals surface area (Å²) in [5, 5.41) is 4.95. The van der Waals surface area contributed by atoms with Crippen molar-refractivity contribution in [3.63, 3.8) is 0 Å². The first-order valence-corrected chi connectivity index (χ1v) is 8.97. The second kappa shape index (κ2) is 6.61. The number of hydrogen-bond donors (Lipinski definition) is 1. The van der Waals surface area contributed by atoms with Gasteiger partial charge in [0.05, 0.1) is 12.2 Å². The summed E-state index contributed by atoms with van der Waals surface area (Å²) in [7, 11) is 0. The SMILES string of the molecule is CCOC(=O)c1cnc2c(-c3cc(-c4ccccc4)cs3)c[nH]n2c1=O. The normalized spacial score (nSPS) is 11.0. The van der Waals surface area contributed by atoms with Crippen molar-refractivity contribution < 1.29 is 9.53 Å². The van der Waals surface area contributed by atoms with Crippen molar-refractivity contribution in [3.05, 3.63) is 70.1 Å². The third-order valence-corrected chi connectivity index (χ3v) is 4.97. The fourth-order valence-electron chi connectivity index (χ4n) is 2.75. The van der Waals surface area contributed by atoms with Gasteiger partial charge in [-0.1, -0.05) is 30.3 Å². The average molecular weight is 365 g/mol.